The second-order valence-electron chi connectivity index (χ2n) is 5.03. The van der Waals surface area contributed by atoms with Crippen LogP contribution >= 0.6 is 11.6 Å². The Balaban J connectivity index is 1.77. The topological polar surface area (TPSA) is 110 Å². The predicted octanol–water partition coefficient (Wildman–Crippen LogP) is 2.78. The smallest absolute Gasteiger partial charge is 0.271 e. The second-order valence-corrected chi connectivity index (χ2v) is 5.46. The van der Waals surface area contributed by atoms with E-state index in [9.17, 15) is 20.0 Å². The van der Waals surface area contributed by atoms with Gasteiger partial charge in [0.15, 0.2) is 0 Å². The Morgan fingerprint density at radius 3 is 2.88 bits per heavy atom. The van der Waals surface area contributed by atoms with Crippen molar-refractivity contribution in [2.75, 3.05) is 5.32 Å². The van der Waals surface area contributed by atoms with E-state index in [4.69, 9.17) is 11.6 Å². The molecule has 1 amide bonds. The number of nitrogens with zero attached hydrogens (tertiary/aromatic N) is 3. The molecule has 3 aromatic rings. The lowest BCUT2D eigenvalue weighted by Gasteiger charge is -2.06. The van der Waals surface area contributed by atoms with Crippen molar-refractivity contribution in [3.05, 3.63) is 63.6 Å². The summed E-state index contributed by atoms with van der Waals surface area (Å²) >= 11 is 5.89. The number of carbonyl (C=O) groups is 1. The fourth-order valence-corrected chi connectivity index (χ4v) is 2.37. The lowest BCUT2D eigenvalue weighted by atomic mass is 10.2. The Labute approximate surface area is 140 Å². The number of aromatic hydroxyl groups is 1. The minimum Gasteiger partial charge on any atom is -0.506 e. The first kappa shape index (κ1) is 15.8. The molecule has 0 aliphatic carbocycles. The van der Waals surface area contributed by atoms with Crippen molar-refractivity contribution in [1.29, 1.82) is 0 Å². The van der Waals surface area contributed by atoms with Crippen LogP contribution in [0.1, 0.15) is 5.69 Å². The molecule has 0 saturated heterocycles. The maximum Gasteiger partial charge on any atom is 0.271 e. The number of nitro benzene ring substituents is 1. The van der Waals surface area contributed by atoms with Crippen molar-refractivity contribution < 1.29 is 14.8 Å². The average molecular weight is 347 g/mol. The molecule has 3 rings (SSSR count). The minimum absolute atomic E-state index is 0.0268. The number of halogens is 1. The van der Waals surface area contributed by atoms with Crippen molar-refractivity contribution in [2.45, 2.75) is 6.42 Å². The summed E-state index contributed by atoms with van der Waals surface area (Å²) in [6.07, 6.45) is 3.27. The van der Waals surface area contributed by atoms with Gasteiger partial charge in [0.25, 0.3) is 5.69 Å². The Morgan fingerprint density at radius 2 is 2.12 bits per heavy atom. The van der Waals surface area contributed by atoms with Gasteiger partial charge in [-0.3, -0.25) is 14.9 Å². The molecule has 0 bridgehead atoms. The van der Waals surface area contributed by atoms with E-state index in [1.165, 1.54) is 0 Å². The Bertz CT molecular complexity index is 954. The average Bonchev–Trinajstić information content (AvgIpc) is 2.90. The van der Waals surface area contributed by atoms with Crippen molar-refractivity contribution in [3.63, 3.8) is 0 Å². The molecule has 1 aromatic carbocycles. The van der Waals surface area contributed by atoms with E-state index in [2.05, 4.69) is 10.3 Å². The molecule has 0 aliphatic rings. The van der Waals surface area contributed by atoms with Gasteiger partial charge in [0.1, 0.15) is 11.4 Å². The summed E-state index contributed by atoms with van der Waals surface area (Å²) in [5.74, 6) is -0.712. The van der Waals surface area contributed by atoms with Gasteiger partial charge in [0.05, 0.1) is 27.7 Å². The molecular formula is C15H11ClN4O4. The van der Waals surface area contributed by atoms with Gasteiger partial charge in [-0.1, -0.05) is 11.6 Å². The van der Waals surface area contributed by atoms with Crippen LogP contribution in [-0.2, 0) is 11.2 Å². The molecule has 0 atom stereocenters. The highest BCUT2D eigenvalue weighted by atomic mass is 35.5. The number of nitrogens with one attached hydrogen (secondary N) is 1. The molecule has 24 heavy (non-hydrogen) atoms. The normalized spacial score (nSPS) is 10.7. The number of pyridine rings is 1. The first-order valence-corrected chi connectivity index (χ1v) is 7.20. The highest BCUT2D eigenvalue weighted by Gasteiger charge is 2.14. The van der Waals surface area contributed by atoms with Gasteiger partial charge in [-0.05, 0) is 18.2 Å². The highest BCUT2D eigenvalue weighted by molar-refractivity contribution is 6.30. The third-order valence-corrected chi connectivity index (χ3v) is 3.50. The van der Waals surface area contributed by atoms with Gasteiger partial charge in [0, 0.05) is 24.5 Å². The molecule has 9 heteroatoms. The summed E-state index contributed by atoms with van der Waals surface area (Å²) in [4.78, 5) is 26.5. The highest BCUT2D eigenvalue weighted by Crippen LogP contribution is 2.27. The van der Waals surface area contributed by atoms with Crippen LogP contribution < -0.4 is 5.32 Å². The van der Waals surface area contributed by atoms with E-state index in [-0.39, 0.29) is 23.5 Å². The quantitative estimate of drug-likeness (QED) is 0.429. The van der Waals surface area contributed by atoms with Gasteiger partial charge in [-0.25, -0.2) is 4.98 Å². The number of aromatic nitrogens is 2. The predicted molar refractivity (Wildman–Crippen MR) is 87.3 cm³/mol. The number of carbonyl (C=O) groups excluding carboxylic acids is 1. The molecule has 8 nitrogen and oxygen atoms in total. The van der Waals surface area contributed by atoms with Crippen molar-refractivity contribution in [3.8, 4) is 5.75 Å². The third kappa shape index (κ3) is 3.28. The minimum atomic E-state index is -0.610. The third-order valence-electron chi connectivity index (χ3n) is 3.27. The first-order valence-electron chi connectivity index (χ1n) is 6.83. The fraction of sp³-hybridized carbons (Fsp3) is 0.0667. The summed E-state index contributed by atoms with van der Waals surface area (Å²) in [6, 6.07) is 6.80. The number of anilines is 1. The van der Waals surface area contributed by atoms with E-state index >= 15 is 0 Å². The Kier molecular flexibility index (Phi) is 4.05. The van der Waals surface area contributed by atoms with E-state index in [1.807, 2.05) is 0 Å². The molecule has 2 heterocycles. The first-order chi connectivity index (χ1) is 11.4. The van der Waals surface area contributed by atoms with Gasteiger partial charge < -0.3 is 14.8 Å². The number of phenolic OH excluding ortho intramolecular Hbond substituents is 1. The molecule has 2 aromatic heterocycles. The van der Waals surface area contributed by atoms with Crippen LogP contribution in [0.3, 0.4) is 0 Å². The lowest BCUT2D eigenvalue weighted by molar-refractivity contribution is -0.384. The van der Waals surface area contributed by atoms with Crippen LogP contribution in [0.15, 0.2) is 42.7 Å². The molecule has 0 saturated carbocycles. The number of amides is 1. The summed E-state index contributed by atoms with van der Waals surface area (Å²) < 4.78 is 1.69. The monoisotopic (exact) mass is 346 g/mol. The SMILES string of the molecule is O=C(Cc1cn2cc(Cl)ccc2n1)Nc1cc([N+](=O)[O-])ccc1O. The van der Waals surface area contributed by atoms with Crippen LogP contribution in [0, 0.1) is 10.1 Å². The Morgan fingerprint density at radius 1 is 1.33 bits per heavy atom. The van der Waals surface area contributed by atoms with Crippen molar-refractivity contribution in [1.82, 2.24) is 9.38 Å². The van der Waals surface area contributed by atoms with Crippen LogP contribution in [0.4, 0.5) is 11.4 Å². The Hall–Kier alpha value is -3.13. The summed E-state index contributed by atoms with van der Waals surface area (Å²) in [5, 5.41) is 23.4. The zero-order valence-corrected chi connectivity index (χ0v) is 12.9. The number of non-ortho nitro benzene ring substituents is 1. The maximum absolute atomic E-state index is 12.1. The zero-order chi connectivity index (χ0) is 17.3. The summed E-state index contributed by atoms with van der Waals surface area (Å²) in [6.45, 7) is 0. The summed E-state index contributed by atoms with van der Waals surface area (Å²) in [7, 11) is 0. The van der Waals surface area contributed by atoms with Gasteiger partial charge in [0.2, 0.25) is 5.91 Å². The van der Waals surface area contributed by atoms with E-state index in [0.717, 1.165) is 18.2 Å². The number of fused-ring (bicyclic) bond motifs is 1. The van der Waals surface area contributed by atoms with Crippen molar-refractivity contribution >= 4 is 34.5 Å². The van der Waals surface area contributed by atoms with E-state index in [0.29, 0.717) is 16.4 Å². The number of hydrogen-bond acceptors (Lipinski definition) is 5. The largest absolute Gasteiger partial charge is 0.506 e. The zero-order valence-electron chi connectivity index (χ0n) is 12.1. The molecule has 0 aliphatic heterocycles. The molecule has 0 radical (unpaired) electrons. The van der Waals surface area contributed by atoms with Crippen LogP contribution in [0.25, 0.3) is 5.65 Å². The van der Waals surface area contributed by atoms with Gasteiger partial charge >= 0.3 is 0 Å². The van der Waals surface area contributed by atoms with E-state index in [1.54, 1.807) is 28.9 Å². The number of rotatable bonds is 4. The molecule has 122 valence electrons. The van der Waals surface area contributed by atoms with Crippen LogP contribution in [0.5, 0.6) is 5.75 Å². The molecule has 0 unspecified atom stereocenters. The van der Waals surface area contributed by atoms with E-state index < -0.39 is 10.8 Å². The molecule has 0 fully saturated rings. The fourth-order valence-electron chi connectivity index (χ4n) is 2.20. The molecule has 0 spiro atoms. The van der Waals surface area contributed by atoms with Crippen LogP contribution in [0.2, 0.25) is 5.02 Å². The lowest BCUT2D eigenvalue weighted by Crippen LogP contribution is -2.14. The number of hydrogen-bond donors (Lipinski definition) is 2. The summed E-state index contributed by atoms with van der Waals surface area (Å²) in [5.41, 5.74) is 0.881. The number of phenols is 1. The van der Waals surface area contributed by atoms with Gasteiger partial charge in [-0.2, -0.15) is 0 Å². The number of imidazole rings is 1. The van der Waals surface area contributed by atoms with Crippen LogP contribution in [-0.4, -0.2) is 25.3 Å². The standard InChI is InChI=1S/C15H11ClN4O4/c16-9-1-4-14-17-10(8-19(14)7-9)5-15(22)18-12-6-11(20(23)24)2-3-13(12)21/h1-4,6-8,21H,5H2,(H,18,22). The molecule has 2 N–H and O–H groups in total. The number of benzene rings is 1. The van der Waals surface area contributed by atoms with Gasteiger partial charge in [-0.15, -0.1) is 0 Å². The van der Waals surface area contributed by atoms with Crippen molar-refractivity contribution in [2.24, 2.45) is 0 Å². The second kappa shape index (κ2) is 6.17. The maximum atomic E-state index is 12.1. The molecular weight excluding hydrogens is 336 g/mol. The number of nitro groups is 1.